The molecule has 0 aliphatic heterocycles. The lowest BCUT2D eigenvalue weighted by Gasteiger charge is -2.35. The lowest BCUT2D eigenvalue weighted by atomic mass is 10.2. The molecule has 12 nitrogen and oxygen atoms in total. The molecule has 2 aromatic rings. The Hall–Kier alpha value is -2.46. The number of nitro benzene ring substituents is 2. The summed E-state index contributed by atoms with van der Waals surface area (Å²) in [4.78, 5) is 20.8. The molecule has 0 fully saturated rings. The van der Waals surface area contributed by atoms with Crippen molar-refractivity contribution in [2.45, 2.75) is 40.9 Å². The first-order chi connectivity index (χ1) is 17.5. The van der Waals surface area contributed by atoms with E-state index in [9.17, 15) is 29.4 Å². The third-order valence-corrected chi connectivity index (χ3v) is 12.6. The summed E-state index contributed by atoms with van der Waals surface area (Å²) in [5, 5.41) is 21.9. The lowest BCUT2D eigenvalue weighted by Crippen LogP contribution is -2.28. The molecule has 0 aromatic heterocycles. The second-order valence-electron chi connectivity index (χ2n) is 8.09. The van der Waals surface area contributed by atoms with Crippen LogP contribution >= 0.6 is 15.0 Å². The molecule has 204 valence electrons. The normalized spacial score (nSPS) is 14.9. The van der Waals surface area contributed by atoms with E-state index in [2.05, 4.69) is 0 Å². The zero-order valence-electron chi connectivity index (χ0n) is 21.5. The van der Waals surface area contributed by atoms with Crippen LogP contribution in [0.15, 0.2) is 48.5 Å². The maximum absolute atomic E-state index is 14.2. The fraction of sp³-hybridized carbons (Fsp3) is 0.478. The van der Waals surface area contributed by atoms with Crippen molar-refractivity contribution in [2.24, 2.45) is 0 Å². The van der Waals surface area contributed by atoms with Crippen LogP contribution in [0.25, 0.3) is 0 Å². The second-order valence-corrected chi connectivity index (χ2v) is 13.4. The minimum atomic E-state index is -3.69. The number of nitro groups is 2. The van der Waals surface area contributed by atoms with E-state index in [1.165, 1.54) is 48.5 Å². The van der Waals surface area contributed by atoms with E-state index in [4.69, 9.17) is 9.05 Å². The fourth-order valence-corrected chi connectivity index (χ4v) is 10.4. The van der Waals surface area contributed by atoms with E-state index >= 15 is 0 Å². The van der Waals surface area contributed by atoms with Crippen molar-refractivity contribution in [2.75, 3.05) is 32.1 Å². The van der Waals surface area contributed by atoms with Gasteiger partial charge in [0, 0.05) is 50.4 Å². The number of benzene rings is 2. The van der Waals surface area contributed by atoms with Gasteiger partial charge in [0.05, 0.1) is 23.1 Å². The van der Waals surface area contributed by atoms with Crippen molar-refractivity contribution in [3.63, 3.8) is 0 Å². The van der Waals surface area contributed by atoms with E-state index in [1.54, 1.807) is 9.34 Å². The summed E-state index contributed by atoms with van der Waals surface area (Å²) in [5.41, 5.74) is 1.03. The topological polar surface area (TPSA) is 145 Å². The zero-order valence-corrected chi connectivity index (χ0v) is 23.3. The Morgan fingerprint density at radius 2 is 0.946 bits per heavy atom. The van der Waals surface area contributed by atoms with Gasteiger partial charge in [0.1, 0.15) is 5.90 Å². The van der Waals surface area contributed by atoms with Gasteiger partial charge in [-0.25, -0.2) is 9.34 Å². The van der Waals surface area contributed by atoms with Gasteiger partial charge >= 0.3 is 0 Å². The van der Waals surface area contributed by atoms with Crippen molar-refractivity contribution < 1.29 is 28.0 Å². The van der Waals surface area contributed by atoms with E-state index in [1.807, 2.05) is 27.7 Å². The summed E-state index contributed by atoms with van der Waals surface area (Å²) in [6, 6.07) is 11.5. The molecule has 2 atom stereocenters. The van der Waals surface area contributed by atoms with E-state index in [-0.39, 0.29) is 30.5 Å². The second kappa shape index (κ2) is 13.9. The highest BCUT2D eigenvalue weighted by atomic mass is 31.2. The molecule has 0 bridgehead atoms. The first-order valence-corrected chi connectivity index (χ1v) is 15.5. The van der Waals surface area contributed by atoms with Crippen LogP contribution in [0.3, 0.4) is 0 Å². The number of rotatable bonds is 16. The Labute approximate surface area is 216 Å². The minimum Gasteiger partial charge on any atom is -0.312 e. The van der Waals surface area contributed by atoms with Gasteiger partial charge in [-0.2, -0.15) is 0 Å². The van der Waals surface area contributed by atoms with E-state index in [0.29, 0.717) is 37.3 Å². The van der Waals surface area contributed by atoms with Gasteiger partial charge in [0.15, 0.2) is 0 Å². The SMILES string of the molecule is CCN(CC)P(=O)(CP(=O)(OCc1ccc([N+](=O)[O-])cc1)N(CC)CC)OCc1ccc([N+](=O)[O-])cc1. The van der Waals surface area contributed by atoms with Gasteiger partial charge in [-0.3, -0.25) is 29.4 Å². The quantitative estimate of drug-likeness (QED) is 0.132. The summed E-state index contributed by atoms with van der Waals surface area (Å²) in [6.45, 7) is 8.65. The first kappa shape index (κ1) is 30.8. The van der Waals surface area contributed by atoms with Crippen LogP contribution in [0.2, 0.25) is 0 Å². The maximum atomic E-state index is 14.2. The van der Waals surface area contributed by atoms with Crippen molar-refractivity contribution in [3.8, 4) is 0 Å². The van der Waals surface area contributed by atoms with Gasteiger partial charge < -0.3 is 9.05 Å². The van der Waals surface area contributed by atoms with E-state index in [0.717, 1.165) is 0 Å². The molecule has 0 saturated heterocycles. The van der Waals surface area contributed by atoms with Crippen LogP contribution in [-0.4, -0.2) is 51.3 Å². The Morgan fingerprint density at radius 1 is 0.649 bits per heavy atom. The fourth-order valence-electron chi connectivity index (χ4n) is 3.74. The van der Waals surface area contributed by atoms with E-state index < -0.39 is 24.9 Å². The summed E-state index contributed by atoms with van der Waals surface area (Å²) in [7, 11) is -7.38. The monoisotopic (exact) mass is 556 g/mol. The van der Waals surface area contributed by atoms with Crippen LogP contribution < -0.4 is 0 Å². The lowest BCUT2D eigenvalue weighted by molar-refractivity contribution is -0.385. The highest BCUT2D eigenvalue weighted by Crippen LogP contribution is 2.66. The molecule has 0 saturated carbocycles. The molecular formula is C23H34N4O8P2. The largest absolute Gasteiger partial charge is 0.312 e. The molecule has 14 heteroatoms. The number of nitrogens with zero attached hydrogens (tertiary/aromatic N) is 4. The molecule has 0 heterocycles. The first-order valence-electron chi connectivity index (χ1n) is 12.0. The van der Waals surface area contributed by atoms with Gasteiger partial charge in [0.2, 0.25) is 0 Å². The third-order valence-electron chi connectivity index (χ3n) is 5.84. The molecule has 0 aliphatic carbocycles. The third kappa shape index (κ3) is 8.26. The van der Waals surface area contributed by atoms with Gasteiger partial charge in [-0.1, -0.05) is 27.7 Å². The average molecular weight is 556 g/mol. The van der Waals surface area contributed by atoms with Crippen molar-refractivity contribution >= 4 is 26.4 Å². The highest BCUT2D eigenvalue weighted by molar-refractivity contribution is 7.73. The Kier molecular flexibility index (Phi) is 11.6. The molecule has 0 N–H and O–H groups in total. The molecule has 2 aromatic carbocycles. The molecular weight excluding hydrogens is 522 g/mol. The minimum absolute atomic E-state index is 0.0682. The summed E-state index contributed by atoms with van der Waals surface area (Å²) in [5.74, 6) is -0.358. The predicted molar refractivity (Wildman–Crippen MR) is 142 cm³/mol. The van der Waals surface area contributed by atoms with Gasteiger partial charge in [0.25, 0.3) is 26.4 Å². The van der Waals surface area contributed by atoms with Crippen molar-refractivity contribution in [1.29, 1.82) is 0 Å². The van der Waals surface area contributed by atoms with Gasteiger partial charge in [-0.15, -0.1) is 0 Å². The van der Waals surface area contributed by atoms with Crippen molar-refractivity contribution in [3.05, 3.63) is 79.9 Å². The molecule has 37 heavy (non-hydrogen) atoms. The zero-order chi connectivity index (χ0) is 27.6. The smallest absolute Gasteiger partial charge is 0.283 e. The van der Waals surface area contributed by atoms with Gasteiger partial charge in [-0.05, 0) is 35.4 Å². The average Bonchev–Trinajstić information content (AvgIpc) is 2.88. The summed E-state index contributed by atoms with van der Waals surface area (Å²) >= 11 is 0. The molecule has 2 rings (SSSR count). The Balaban J connectivity index is 2.32. The highest BCUT2D eigenvalue weighted by Gasteiger charge is 2.43. The Morgan fingerprint density at radius 3 is 1.19 bits per heavy atom. The number of non-ortho nitro benzene ring substituents is 2. The van der Waals surface area contributed by atoms with Crippen LogP contribution in [0.1, 0.15) is 38.8 Å². The molecule has 0 spiro atoms. The summed E-state index contributed by atoms with van der Waals surface area (Å²) in [6.07, 6.45) is 0. The summed E-state index contributed by atoms with van der Waals surface area (Å²) < 4.78 is 43.6. The maximum Gasteiger partial charge on any atom is 0.283 e. The number of hydrogen-bond donors (Lipinski definition) is 0. The molecule has 0 radical (unpaired) electrons. The van der Waals surface area contributed by atoms with Crippen LogP contribution in [0.4, 0.5) is 11.4 Å². The molecule has 0 amide bonds. The van der Waals surface area contributed by atoms with Crippen molar-refractivity contribution in [1.82, 2.24) is 9.34 Å². The van der Waals surface area contributed by atoms with Crippen LogP contribution in [0.5, 0.6) is 0 Å². The number of hydrogen-bond acceptors (Lipinski definition) is 8. The Bertz CT molecular complexity index is 1050. The molecule has 2 unspecified atom stereocenters. The molecule has 0 aliphatic rings. The standard InChI is InChI=1S/C23H34N4O8P2/c1-5-24(6-2)36(32,34-17-20-9-13-22(14-10-20)26(28)29)19-37(33,25(7-3)8-4)35-18-21-11-15-23(16-12-21)27(30)31/h9-16H,5-8,17-19H2,1-4H3. The van der Waals surface area contributed by atoms with Crippen LogP contribution in [0, 0.1) is 20.2 Å². The predicted octanol–water partition coefficient (Wildman–Crippen LogP) is 6.26. The van der Waals surface area contributed by atoms with Crippen LogP contribution in [-0.2, 0) is 31.4 Å².